The van der Waals surface area contributed by atoms with Crippen molar-refractivity contribution in [1.29, 1.82) is 0 Å². The zero-order valence-corrected chi connectivity index (χ0v) is 11.3. The first-order valence-corrected chi connectivity index (χ1v) is 6.21. The molecule has 0 aromatic heterocycles. The van der Waals surface area contributed by atoms with E-state index in [-0.39, 0.29) is 18.1 Å². The van der Waals surface area contributed by atoms with Gasteiger partial charge in [-0.25, -0.2) is 4.39 Å². The van der Waals surface area contributed by atoms with Gasteiger partial charge in [-0.3, -0.25) is 4.79 Å². The van der Waals surface area contributed by atoms with Crippen molar-refractivity contribution in [2.75, 3.05) is 6.61 Å². The van der Waals surface area contributed by atoms with Crippen LogP contribution < -0.4 is 0 Å². The second-order valence-electron chi connectivity index (χ2n) is 4.68. The third kappa shape index (κ3) is 3.67. The zero-order chi connectivity index (χ0) is 14.6. The highest BCUT2D eigenvalue weighted by molar-refractivity contribution is 5.73. The minimum absolute atomic E-state index is 0.161. The molecule has 0 amide bonds. The molecular formula is C14H19FO4. The van der Waals surface area contributed by atoms with Gasteiger partial charge in [0.2, 0.25) is 0 Å². The summed E-state index contributed by atoms with van der Waals surface area (Å²) in [5.41, 5.74) is 0.238. The van der Waals surface area contributed by atoms with E-state index in [0.717, 1.165) is 12.1 Å². The number of ether oxygens (including phenoxy) is 1. The van der Waals surface area contributed by atoms with Crippen molar-refractivity contribution in [3.8, 4) is 5.75 Å². The molecule has 2 N–H and O–H groups in total. The third-order valence-corrected chi connectivity index (χ3v) is 2.93. The lowest BCUT2D eigenvalue weighted by molar-refractivity contribution is -0.154. The normalized spacial score (nSPS) is 14.2. The van der Waals surface area contributed by atoms with Crippen LogP contribution in [0.5, 0.6) is 5.75 Å². The summed E-state index contributed by atoms with van der Waals surface area (Å²) in [5.74, 6) is -2.77. The van der Waals surface area contributed by atoms with Crippen LogP contribution in [-0.2, 0) is 9.53 Å². The maximum Gasteiger partial charge on any atom is 0.312 e. The Labute approximate surface area is 111 Å². The molecule has 0 aliphatic carbocycles. The van der Waals surface area contributed by atoms with Gasteiger partial charge in [-0.15, -0.1) is 0 Å². The Morgan fingerprint density at radius 1 is 1.42 bits per heavy atom. The number of aliphatic hydroxyl groups is 1. The molecule has 0 bridgehead atoms. The molecule has 19 heavy (non-hydrogen) atoms. The van der Waals surface area contributed by atoms with Gasteiger partial charge in [-0.1, -0.05) is 19.9 Å². The summed E-state index contributed by atoms with van der Waals surface area (Å²) in [6.07, 6.45) is -1.17. The topological polar surface area (TPSA) is 66.8 Å². The first-order chi connectivity index (χ1) is 8.88. The van der Waals surface area contributed by atoms with Gasteiger partial charge in [0.25, 0.3) is 0 Å². The van der Waals surface area contributed by atoms with E-state index in [0.29, 0.717) is 0 Å². The van der Waals surface area contributed by atoms with Crippen LogP contribution in [0.25, 0.3) is 0 Å². The average molecular weight is 270 g/mol. The molecular weight excluding hydrogens is 251 g/mol. The monoisotopic (exact) mass is 270 g/mol. The summed E-state index contributed by atoms with van der Waals surface area (Å²) in [6, 6.07) is 3.56. The lowest BCUT2D eigenvalue weighted by Crippen LogP contribution is -2.29. The Kier molecular flexibility index (Phi) is 5.30. The Hall–Kier alpha value is -1.62. The van der Waals surface area contributed by atoms with E-state index in [1.54, 1.807) is 20.8 Å². The minimum Gasteiger partial charge on any atom is -0.505 e. The number of phenolic OH excluding ortho intramolecular Hbond substituents is 1. The summed E-state index contributed by atoms with van der Waals surface area (Å²) in [7, 11) is 0. The van der Waals surface area contributed by atoms with Crippen LogP contribution in [0.3, 0.4) is 0 Å². The summed E-state index contributed by atoms with van der Waals surface area (Å²) >= 11 is 0. The summed E-state index contributed by atoms with van der Waals surface area (Å²) in [5, 5.41) is 19.3. The number of rotatable bonds is 5. The maximum absolute atomic E-state index is 13.3. The van der Waals surface area contributed by atoms with Gasteiger partial charge >= 0.3 is 5.97 Å². The number of benzene rings is 1. The van der Waals surface area contributed by atoms with Crippen LogP contribution in [-0.4, -0.2) is 22.8 Å². The van der Waals surface area contributed by atoms with Gasteiger partial charge in [-0.2, -0.15) is 0 Å². The SMILES string of the molecule is CCOC(=O)C(C(C)C)C(O)c1ccc(O)c(F)c1. The van der Waals surface area contributed by atoms with Crippen LogP contribution >= 0.6 is 0 Å². The summed E-state index contributed by atoms with van der Waals surface area (Å²) in [6.45, 7) is 5.46. The first-order valence-electron chi connectivity index (χ1n) is 6.21. The molecule has 1 aromatic rings. The number of phenols is 1. The van der Waals surface area contributed by atoms with Crippen LogP contribution in [0.2, 0.25) is 0 Å². The fraction of sp³-hybridized carbons (Fsp3) is 0.500. The van der Waals surface area contributed by atoms with E-state index in [9.17, 15) is 14.3 Å². The average Bonchev–Trinajstić information content (AvgIpc) is 2.32. The number of halogens is 1. The molecule has 0 spiro atoms. The lowest BCUT2D eigenvalue weighted by atomic mass is 9.86. The molecule has 0 radical (unpaired) electrons. The highest BCUT2D eigenvalue weighted by Gasteiger charge is 2.32. The summed E-state index contributed by atoms with van der Waals surface area (Å²) in [4.78, 5) is 11.8. The Bertz CT molecular complexity index is 445. The van der Waals surface area contributed by atoms with Crippen molar-refractivity contribution in [1.82, 2.24) is 0 Å². The molecule has 1 rings (SSSR count). The van der Waals surface area contributed by atoms with Gasteiger partial charge in [0, 0.05) is 0 Å². The quantitative estimate of drug-likeness (QED) is 0.806. The van der Waals surface area contributed by atoms with E-state index >= 15 is 0 Å². The minimum atomic E-state index is -1.17. The van der Waals surface area contributed by atoms with Crippen molar-refractivity contribution in [3.63, 3.8) is 0 Å². The van der Waals surface area contributed by atoms with Crippen molar-refractivity contribution < 1.29 is 24.1 Å². The van der Waals surface area contributed by atoms with Gasteiger partial charge < -0.3 is 14.9 Å². The van der Waals surface area contributed by atoms with Crippen LogP contribution in [0.4, 0.5) is 4.39 Å². The second kappa shape index (κ2) is 6.52. The third-order valence-electron chi connectivity index (χ3n) is 2.93. The maximum atomic E-state index is 13.3. The highest BCUT2D eigenvalue weighted by Crippen LogP contribution is 2.31. The molecule has 2 atom stereocenters. The van der Waals surface area contributed by atoms with Crippen LogP contribution in [0, 0.1) is 17.7 Å². The van der Waals surface area contributed by atoms with Crippen molar-refractivity contribution in [2.45, 2.75) is 26.9 Å². The molecule has 5 heteroatoms. The van der Waals surface area contributed by atoms with Crippen molar-refractivity contribution in [3.05, 3.63) is 29.6 Å². The number of carbonyl (C=O) groups is 1. The molecule has 0 saturated heterocycles. The van der Waals surface area contributed by atoms with E-state index in [4.69, 9.17) is 9.84 Å². The predicted octanol–water partition coefficient (Wildman–Crippen LogP) is 2.40. The number of carbonyl (C=O) groups excluding carboxylic acids is 1. The highest BCUT2D eigenvalue weighted by atomic mass is 19.1. The molecule has 0 heterocycles. The molecule has 4 nitrogen and oxygen atoms in total. The van der Waals surface area contributed by atoms with Crippen LogP contribution in [0.15, 0.2) is 18.2 Å². The second-order valence-corrected chi connectivity index (χ2v) is 4.68. The zero-order valence-electron chi connectivity index (χ0n) is 11.3. The van der Waals surface area contributed by atoms with Gasteiger partial charge in [0.1, 0.15) is 0 Å². The van der Waals surface area contributed by atoms with E-state index in [2.05, 4.69) is 0 Å². The largest absolute Gasteiger partial charge is 0.505 e. The molecule has 0 aliphatic rings. The molecule has 1 aromatic carbocycles. The van der Waals surface area contributed by atoms with Gasteiger partial charge in [0.05, 0.1) is 18.6 Å². The first kappa shape index (κ1) is 15.4. The molecule has 0 fully saturated rings. The standard InChI is InChI=1S/C14H19FO4/c1-4-19-14(18)12(8(2)3)13(17)9-5-6-11(16)10(15)7-9/h5-8,12-13,16-17H,4H2,1-3H3. The van der Waals surface area contributed by atoms with Crippen molar-refractivity contribution in [2.24, 2.45) is 11.8 Å². The fourth-order valence-electron chi connectivity index (χ4n) is 1.92. The molecule has 0 aliphatic heterocycles. The smallest absolute Gasteiger partial charge is 0.312 e. The Balaban J connectivity index is 3.01. The molecule has 106 valence electrons. The number of esters is 1. The Morgan fingerprint density at radius 3 is 2.53 bits per heavy atom. The fourth-order valence-corrected chi connectivity index (χ4v) is 1.92. The summed E-state index contributed by atoms with van der Waals surface area (Å²) < 4.78 is 18.2. The number of aliphatic hydroxyl groups excluding tert-OH is 1. The number of hydrogen-bond acceptors (Lipinski definition) is 4. The van der Waals surface area contributed by atoms with Gasteiger partial charge in [0.15, 0.2) is 11.6 Å². The number of aromatic hydroxyl groups is 1. The van der Waals surface area contributed by atoms with E-state index in [1.165, 1.54) is 6.07 Å². The van der Waals surface area contributed by atoms with E-state index in [1.807, 2.05) is 0 Å². The van der Waals surface area contributed by atoms with Crippen molar-refractivity contribution >= 4 is 5.97 Å². The van der Waals surface area contributed by atoms with Crippen LogP contribution in [0.1, 0.15) is 32.4 Å². The Morgan fingerprint density at radius 2 is 2.05 bits per heavy atom. The predicted molar refractivity (Wildman–Crippen MR) is 68.0 cm³/mol. The molecule has 0 saturated carbocycles. The number of hydrogen-bond donors (Lipinski definition) is 2. The van der Waals surface area contributed by atoms with Gasteiger partial charge in [-0.05, 0) is 30.5 Å². The molecule has 2 unspecified atom stereocenters. The lowest BCUT2D eigenvalue weighted by Gasteiger charge is -2.24. The van der Waals surface area contributed by atoms with E-state index < -0.39 is 29.6 Å².